The topological polar surface area (TPSA) is 8.17 Å². The summed E-state index contributed by atoms with van der Waals surface area (Å²) in [5.74, 6) is 0.224. The van der Waals surface area contributed by atoms with Gasteiger partial charge in [-0.15, -0.1) is 11.3 Å². The van der Waals surface area contributed by atoms with Crippen LogP contribution in [-0.4, -0.2) is 4.57 Å². The molecule has 1 atom stereocenters. The van der Waals surface area contributed by atoms with Crippen LogP contribution < -0.4 is 4.90 Å². The molecule has 0 fully saturated rings. The van der Waals surface area contributed by atoms with Gasteiger partial charge in [0.25, 0.3) is 0 Å². The number of rotatable bonds is 4. The second kappa shape index (κ2) is 11.3. The minimum absolute atomic E-state index is 0.224. The van der Waals surface area contributed by atoms with Crippen LogP contribution in [0.1, 0.15) is 22.7 Å². The second-order valence-corrected chi connectivity index (χ2v) is 16.3. The zero-order chi connectivity index (χ0) is 36.5. The van der Waals surface area contributed by atoms with E-state index in [1.807, 2.05) is 11.3 Å². The van der Waals surface area contributed by atoms with Crippen molar-refractivity contribution in [3.63, 3.8) is 0 Å². The van der Waals surface area contributed by atoms with Crippen molar-refractivity contribution >= 4 is 81.0 Å². The SMILES string of the molecule is c1ccc2c(c1)C1c3cc4cccc(N(c5ccc(-c6cccc7ccccc67)cc5)c5cccc6c5sc5ccccc56)c4cc3-c3c1n-2c1ccccc31. The van der Waals surface area contributed by atoms with Gasteiger partial charge in [-0.1, -0.05) is 133 Å². The van der Waals surface area contributed by atoms with Gasteiger partial charge in [-0.2, -0.15) is 0 Å². The van der Waals surface area contributed by atoms with Crippen molar-refractivity contribution in [2.45, 2.75) is 5.92 Å². The standard InChI is InChI=1S/C53H32N2S/c1-2-15-36-32(12-1)13-9-19-37(36)33-26-28-35(29-27-33)54(48-24-11-20-39-38-16-5-8-25-49(38)56-53(39)48)47-23-10-14-34-30-43-44(31-42(34)47)51-41-18-4-7-22-46(41)55-45-21-6-3-17-40(45)50(43)52(51)55/h1-31,50H. The van der Waals surface area contributed by atoms with Crippen molar-refractivity contribution in [2.75, 3.05) is 4.90 Å². The molecule has 0 saturated heterocycles. The Balaban J connectivity index is 1.06. The normalized spacial score (nSPS) is 13.9. The van der Waals surface area contributed by atoms with E-state index in [2.05, 4.69) is 198 Å². The van der Waals surface area contributed by atoms with Gasteiger partial charge < -0.3 is 9.47 Å². The summed E-state index contributed by atoms with van der Waals surface area (Å²) in [7, 11) is 0. The molecule has 3 heteroatoms. The average Bonchev–Trinajstić information content (AvgIpc) is 3.99. The van der Waals surface area contributed by atoms with Crippen molar-refractivity contribution in [3.05, 3.63) is 205 Å². The van der Waals surface area contributed by atoms with Crippen LogP contribution in [0, 0.1) is 0 Å². The molecular weight excluding hydrogens is 697 g/mol. The van der Waals surface area contributed by atoms with Crippen molar-refractivity contribution < 1.29 is 0 Å². The lowest BCUT2D eigenvalue weighted by molar-refractivity contribution is 1.00. The molecule has 0 amide bonds. The Hall–Kier alpha value is -6.94. The maximum absolute atomic E-state index is 2.53. The highest BCUT2D eigenvalue weighted by Gasteiger charge is 2.42. The summed E-state index contributed by atoms with van der Waals surface area (Å²) in [6.07, 6.45) is 0. The summed E-state index contributed by atoms with van der Waals surface area (Å²) in [6, 6.07) is 69.9. The van der Waals surface area contributed by atoms with Crippen LogP contribution in [0.4, 0.5) is 17.1 Å². The molecule has 2 aromatic heterocycles. The number of hydrogen-bond acceptors (Lipinski definition) is 2. The molecular formula is C53H32N2S. The summed E-state index contributed by atoms with van der Waals surface area (Å²) in [5.41, 5.74) is 15.5. The zero-order valence-electron chi connectivity index (χ0n) is 30.3. The van der Waals surface area contributed by atoms with Gasteiger partial charge in [0.2, 0.25) is 0 Å². The number of nitrogens with zero attached hydrogens (tertiary/aromatic N) is 2. The predicted molar refractivity (Wildman–Crippen MR) is 238 cm³/mol. The fourth-order valence-corrected chi connectivity index (χ4v) is 11.2. The summed E-state index contributed by atoms with van der Waals surface area (Å²) in [4.78, 5) is 2.51. The Bertz CT molecular complexity index is 3430. The second-order valence-electron chi connectivity index (χ2n) is 15.2. The first kappa shape index (κ1) is 30.4. The highest BCUT2D eigenvalue weighted by atomic mass is 32.1. The molecule has 0 spiro atoms. The maximum Gasteiger partial charge on any atom is 0.0640 e. The van der Waals surface area contributed by atoms with Crippen molar-refractivity contribution in [3.8, 4) is 27.9 Å². The Kier molecular flexibility index (Phi) is 6.13. The monoisotopic (exact) mass is 728 g/mol. The van der Waals surface area contributed by atoms with Crippen LogP contribution in [0.3, 0.4) is 0 Å². The predicted octanol–water partition coefficient (Wildman–Crippen LogP) is 14.9. The highest BCUT2D eigenvalue weighted by Crippen LogP contribution is 2.59. The van der Waals surface area contributed by atoms with Gasteiger partial charge in [0.1, 0.15) is 0 Å². The molecule has 0 N–H and O–H groups in total. The van der Waals surface area contributed by atoms with Crippen molar-refractivity contribution in [2.24, 2.45) is 0 Å². The number of anilines is 3. The Morgan fingerprint density at radius 3 is 2.09 bits per heavy atom. The van der Waals surface area contributed by atoms with Crippen LogP contribution in [0.15, 0.2) is 188 Å². The Labute approximate surface area is 327 Å². The third-order valence-corrected chi connectivity index (χ3v) is 13.6. The summed E-state index contributed by atoms with van der Waals surface area (Å²) < 4.78 is 5.13. The molecule has 3 heterocycles. The van der Waals surface area contributed by atoms with Crippen molar-refractivity contribution in [1.29, 1.82) is 0 Å². The molecule has 2 aliphatic rings. The Morgan fingerprint density at radius 2 is 1.16 bits per heavy atom. The molecule has 0 radical (unpaired) electrons. The molecule has 9 aromatic carbocycles. The van der Waals surface area contributed by atoms with Crippen LogP contribution in [0.2, 0.25) is 0 Å². The van der Waals surface area contributed by atoms with Gasteiger partial charge in [-0.05, 0) is 98.6 Å². The number of aromatic nitrogens is 1. The molecule has 1 aliphatic heterocycles. The van der Waals surface area contributed by atoms with E-state index in [1.54, 1.807) is 0 Å². The van der Waals surface area contributed by atoms with Crippen LogP contribution in [0.25, 0.3) is 80.6 Å². The molecule has 260 valence electrons. The third kappa shape index (κ3) is 4.05. The average molecular weight is 729 g/mol. The molecule has 0 bridgehead atoms. The van der Waals surface area contributed by atoms with Gasteiger partial charge in [0.05, 0.1) is 33.2 Å². The lowest BCUT2D eigenvalue weighted by Gasteiger charge is -2.28. The molecule has 1 aliphatic carbocycles. The van der Waals surface area contributed by atoms with E-state index in [1.165, 1.54) is 109 Å². The lowest BCUT2D eigenvalue weighted by atomic mass is 9.91. The van der Waals surface area contributed by atoms with Gasteiger partial charge >= 0.3 is 0 Å². The van der Waals surface area contributed by atoms with E-state index in [0.29, 0.717) is 0 Å². The van der Waals surface area contributed by atoms with Gasteiger partial charge in [0, 0.05) is 43.2 Å². The number of thiophene rings is 1. The molecule has 56 heavy (non-hydrogen) atoms. The van der Waals surface area contributed by atoms with Crippen LogP contribution in [0.5, 0.6) is 0 Å². The summed E-state index contributed by atoms with van der Waals surface area (Å²) in [5, 5.41) is 8.96. The van der Waals surface area contributed by atoms with E-state index in [0.717, 1.165) is 5.69 Å². The third-order valence-electron chi connectivity index (χ3n) is 12.4. The quantitative estimate of drug-likeness (QED) is 0.175. The van der Waals surface area contributed by atoms with E-state index in [9.17, 15) is 0 Å². The molecule has 2 nitrogen and oxygen atoms in total. The minimum atomic E-state index is 0.224. The Morgan fingerprint density at radius 1 is 0.464 bits per heavy atom. The molecule has 11 aromatic rings. The van der Waals surface area contributed by atoms with Crippen LogP contribution >= 0.6 is 11.3 Å². The first-order valence-electron chi connectivity index (χ1n) is 19.4. The summed E-state index contributed by atoms with van der Waals surface area (Å²) >= 11 is 1.88. The maximum atomic E-state index is 2.53. The van der Waals surface area contributed by atoms with Gasteiger partial charge in [0.15, 0.2) is 0 Å². The minimum Gasteiger partial charge on any atom is -0.312 e. The lowest BCUT2D eigenvalue weighted by Crippen LogP contribution is -2.10. The summed E-state index contributed by atoms with van der Waals surface area (Å²) in [6.45, 7) is 0. The van der Waals surface area contributed by atoms with E-state index >= 15 is 0 Å². The van der Waals surface area contributed by atoms with E-state index in [-0.39, 0.29) is 5.92 Å². The molecule has 0 saturated carbocycles. The number of fused-ring (bicyclic) bond motifs is 14. The molecule has 1 unspecified atom stereocenters. The first-order valence-corrected chi connectivity index (χ1v) is 20.2. The van der Waals surface area contributed by atoms with Gasteiger partial charge in [-0.25, -0.2) is 0 Å². The highest BCUT2D eigenvalue weighted by molar-refractivity contribution is 7.26. The fourth-order valence-electron chi connectivity index (χ4n) is 10.0. The van der Waals surface area contributed by atoms with Gasteiger partial charge in [-0.3, -0.25) is 0 Å². The van der Waals surface area contributed by atoms with E-state index in [4.69, 9.17) is 0 Å². The number of benzene rings is 9. The molecule has 13 rings (SSSR count). The van der Waals surface area contributed by atoms with Crippen LogP contribution in [-0.2, 0) is 0 Å². The smallest absolute Gasteiger partial charge is 0.0640 e. The number of para-hydroxylation sites is 2. The zero-order valence-corrected chi connectivity index (χ0v) is 31.1. The largest absolute Gasteiger partial charge is 0.312 e. The van der Waals surface area contributed by atoms with E-state index < -0.39 is 0 Å². The number of hydrogen-bond donors (Lipinski definition) is 0. The van der Waals surface area contributed by atoms with Crippen molar-refractivity contribution in [1.82, 2.24) is 4.57 Å². The fraction of sp³-hybridized carbons (Fsp3) is 0.0189. The first-order chi connectivity index (χ1) is 27.8.